The summed E-state index contributed by atoms with van der Waals surface area (Å²) in [4.78, 5) is 26.1. The second-order valence-electron chi connectivity index (χ2n) is 5.00. The molecule has 0 aliphatic rings. The van der Waals surface area contributed by atoms with E-state index in [0.29, 0.717) is 30.0 Å². The molecule has 1 aromatic heterocycles. The molecule has 5 nitrogen and oxygen atoms in total. The van der Waals surface area contributed by atoms with Crippen molar-refractivity contribution in [3.63, 3.8) is 0 Å². The third-order valence-electron chi connectivity index (χ3n) is 2.03. The predicted molar refractivity (Wildman–Crippen MR) is 72.6 cm³/mol. The zero-order valence-corrected chi connectivity index (χ0v) is 12.0. The average molecular weight is 285 g/mol. The summed E-state index contributed by atoms with van der Waals surface area (Å²) in [6, 6.07) is 3.14. The summed E-state index contributed by atoms with van der Waals surface area (Å²) in [6.45, 7) is 5.74. The van der Waals surface area contributed by atoms with Crippen molar-refractivity contribution in [2.24, 2.45) is 0 Å². The molecular weight excluding hydrogens is 268 g/mol. The molecule has 0 aliphatic carbocycles. The lowest BCUT2D eigenvalue weighted by Crippen LogP contribution is -2.33. The Balaban J connectivity index is 2.47. The fourth-order valence-electron chi connectivity index (χ4n) is 1.37. The zero-order valence-electron chi connectivity index (χ0n) is 11.2. The smallest absolute Gasteiger partial charge is 0.407 e. The molecule has 6 heteroatoms. The van der Waals surface area contributed by atoms with Crippen molar-refractivity contribution in [3.8, 4) is 0 Å². The van der Waals surface area contributed by atoms with Gasteiger partial charge in [-0.05, 0) is 32.9 Å². The summed E-state index contributed by atoms with van der Waals surface area (Å²) < 4.78 is 5.09. The van der Waals surface area contributed by atoms with Gasteiger partial charge in [0.25, 0.3) is 0 Å². The van der Waals surface area contributed by atoms with Crippen LogP contribution in [0.4, 0.5) is 4.79 Å². The third kappa shape index (κ3) is 6.20. The highest BCUT2D eigenvalue weighted by molar-refractivity contribution is 6.30. The number of rotatable bonds is 4. The van der Waals surface area contributed by atoms with Gasteiger partial charge in [-0.25, -0.2) is 9.78 Å². The Morgan fingerprint density at radius 2 is 2.16 bits per heavy atom. The fourth-order valence-corrected chi connectivity index (χ4v) is 1.61. The summed E-state index contributed by atoms with van der Waals surface area (Å²) in [6.07, 6.45) is 0.627. The quantitative estimate of drug-likeness (QED) is 0.863. The van der Waals surface area contributed by atoms with Gasteiger partial charge in [-0.3, -0.25) is 4.79 Å². The van der Waals surface area contributed by atoms with Gasteiger partial charge in [-0.15, -0.1) is 0 Å². The summed E-state index contributed by atoms with van der Waals surface area (Å²) in [5.41, 5.74) is 0.397. The Hall–Kier alpha value is -1.62. The van der Waals surface area contributed by atoms with Crippen molar-refractivity contribution in [3.05, 3.63) is 28.5 Å². The lowest BCUT2D eigenvalue weighted by molar-refractivity contribution is 0.0528. The lowest BCUT2D eigenvalue weighted by Gasteiger charge is -2.19. The number of aldehydes is 1. The number of alkyl carbamates (subject to hydrolysis) is 1. The molecule has 19 heavy (non-hydrogen) atoms. The molecule has 1 amide bonds. The van der Waals surface area contributed by atoms with Crippen molar-refractivity contribution in [2.75, 3.05) is 6.54 Å². The Morgan fingerprint density at radius 1 is 1.47 bits per heavy atom. The number of nitrogens with zero attached hydrogens (tertiary/aromatic N) is 1. The Morgan fingerprint density at radius 3 is 2.74 bits per heavy atom. The van der Waals surface area contributed by atoms with E-state index < -0.39 is 11.7 Å². The molecule has 0 aliphatic heterocycles. The SMILES string of the molecule is CC(C)(C)OC(=O)NCCc1cc(Cl)cc(C=O)n1. The van der Waals surface area contributed by atoms with E-state index in [4.69, 9.17) is 16.3 Å². The van der Waals surface area contributed by atoms with Gasteiger partial charge in [0, 0.05) is 23.7 Å². The Labute approximate surface area is 117 Å². The second kappa shape index (κ2) is 6.52. The second-order valence-corrected chi connectivity index (χ2v) is 5.43. The molecule has 0 bridgehead atoms. The number of amides is 1. The molecule has 0 atom stereocenters. The van der Waals surface area contributed by atoms with Gasteiger partial charge in [0.15, 0.2) is 6.29 Å². The number of carbonyl (C=O) groups excluding carboxylic acids is 2. The number of hydrogen-bond donors (Lipinski definition) is 1. The number of pyridine rings is 1. The Bertz CT molecular complexity index is 469. The summed E-state index contributed by atoms with van der Waals surface area (Å²) in [5.74, 6) is 0. The first-order valence-corrected chi connectivity index (χ1v) is 6.26. The minimum absolute atomic E-state index is 0.278. The standard InChI is InChI=1S/C13H17ClN2O3/c1-13(2,3)19-12(18)15-5-4-10-6-9(14)7-11(8-17)16-10/h6-8H,4-5H2,1-3H3,(H,15,18). The minimum Gasteiger partial charge on any atom is -0.444 e. The normalized spacial score (nSPS) is 10.9. The van der Waals surface area contributed by atoms with Crippen LogP contribution in [0.3, 0.4) is 0 Å². The zero-order chi connectivity index (χ0) is 14.5. The monoisotopic (exact) mass is 284 g/mol. The molecule has 1 aromatic rings. The maximum Gasteiger partial charge on any atom is 0.407 e. The molecule has 0 aromatic carbocycles. The van der Waals surface area contributed by atoms with E-state index in [1.165, 1.54) is 6.07 Å². The van der Waals surface area contributed by atoms with Crippen LogP contribution in [0.1, 0.15) is 37.0 Å². The van der Waals surface area contributed by atoms with Crippen LogP contribution in [0.5, 0.6) is 0 Å². The first-order chi connectivity index (χ1) is 8.80. The van der Waals surface area contributed by atoms with Crippen LogP contribution >= 0.6 is 11.6 Å². The number of aromatic nitrogens is 1. The van der Waals surface area contributed by atoms with Crippen LogP contribution in [-0.2, 0) is 11.2 Å². The molecule has 0 saturated heterocycles. The van der Waals surface area contributed by atoms with E-state index in [1.807, 2.05) is 0 Å². The third-order valence-corrected chi connectivity index (χ3v) is 2.25. The van der Waals surface area contributed by atoms with E-state index in [9.17, 15) is 9.59 Å². The number of ether oxygens (including phenoxy) is 1. The molecule has 1 rings (SSSR count). The van der Waals surface area contributed by atoms with Gasteiger partial charge in [-0.2, -0.15) is 0 Å². The lowest BCUT2D eigenvalue weighted by atomic mass is 10.2. The predicted octanol–water partition coefficient (Wildman–Crippen LogP) is 2.61. The van der Waals surface area contributed by atoms with Crippen LogP contribution in [0.25, 0.3) is 0 Å². The molecule has 1 N–H and O–H groups in total. The van der Waals surface area contributed by atoms with Crippen LogP contribution in [0, 0.1) is 0 Å². The van der Waals surface area contributed by atoms with Gasteiger partial charge < -0.3 is 10.1 Å². The van der Waals surface area contributed by atoms with Gasteiger partial charge in [-0.1, -0.05) is 11.6 Å². The molecular formula is C13H17ClN2O3. The first-order valence-electron chi connectivity index (χ1n) is 5.88. The minimum atomic E-state index is -0.525. The van der Waals surface area contributed by atoms with E-state index in [2.05, 4.69) is 10.3 Å². The topological polar surface area (TPSA) is 68.3 Å². The van der Waals surface area contributed by atoms with E-state index >= 15 is 0 Å². The summed E-state index contributed by atoms with van der Waals surface area (Å²) in [5, 5.41) is 3.06. The first kappa shape index (κ1) is 15.4. The van der Waals surface area contributed by atoms with Crippen LogP contribution in [0.15, 0.2) is 12.1 Å². The van der Waals surface area contributed by atoms with Crippen molar-refractivity contribution in [1.82, 2.24) is 10.3 Å². The molecule has 0 saturated carbocycles. The van der Waals surface area contributed by atoms with Gasteiger partial charge in [0.1, 0.15) is 11.3 Å². The van der Waals surface area contributed by atoms with Crippen molar-refractivity contribution >= 4 is 24.0 Å². The molecule has 0 unspecified atom stereocenters. The van der Waals surface area contributed by atoms with Crippen LogP contribution in [0.2, 0.25) is 5.02 Å². The van der Waals surface area contributed by atoms with Crippen LogP contribution in [-0.4, -0.2) is 29.5 Å². The highest BCUT2D eigenvalue weighted by Crippen LogP contribution is 2.11. The van der Waals surface area contributed by atoms with Gasteiger partial charge in [0.2, 0.25) is 0 Å². The van der Waals surface area contributed by atoms with Crippen molar-refractivity contribution in [1.29, 1.82) is 0 Å². The van der Waals surface area contributed by atoms with Gasteiger partial charge in [0.05, 0.1) is 0 Å². The fraction of sp³-hybridized carbons (Fsp3) is 0.462. The summed E-state index contributed by atoms with van der Waals surface area (Å²) in [7, 11) is 0. The van der Waals surface area contributed by atoms with Gasteiger partial charge >= 0.3 is 6.09 Å². The van der Waals surface area contributed by atoms with Crippen molar-refractivity contribution in [2.45, 2.75) is 32.8 Å². The number of nitrogens with one attached hydrogen (secondary N) is 1. The average Bonchev–Trinajstić information content (AvgIpc) is 2.25. The number of halogens is 1. The number of hydrogen-bond acceptors (Lipinski definition) is 4. The Kier molecular flexibility index (Phi) is 5.30. The van der Waals surface area contributed by atoms with E-state index in [0.717, 1.165) is 0 Å². The summed E-state index contributed by atoms with van der Waals surface area (Å²) >= 11 is 5.85. The van der Waals surface area contributed by atoms with Crippen LogP contribution < -0.4 is 5.32 Å². The molecule has 0 radical (unpaired) electrons. The molecule has 0 fully saturated rings. The molecule has 1 heterocycles. The van der Waals surface area contributed by atoms with Crippen molar-refractivity contribution < 1.29 is 14.3 Å². The molecule has 104 valence electrons. The largest absolute Gasteiger partial charge is 0.444 e. The maximum absolute atomic E-state index is 11.4. The molecule has 0 spiro atoms. The highest BCUT2D eigenvalue weighted by atomic mass is 35.5. The van der Waals surface area contributed by atoms with E-state index in [-0.39, 0.29) is 5.69 Å². The number of carbonyl (C=O) groups is 2. The highest BCUT2D eigenvalue weighted by Gasteiger charge is 2.15. The van der Waals surface area contributed by atoms with E-state index in [1.54, 1.807) is 26.8 Å². The maximum atomic E-state index is 11.4.